The van der Waals surface area contributed by atoms with Crippen LogP contribution < -0.4 is 5.32 Å². The summed E-state index contributed by atoms with van der Waals surface area (Å²) in [7, 11) is 0. The number of nitrogens with zero attached hydrogens (tertiary/aromatic N) is 4. The predicted octanol–water partition coefficient (Wildman–Crippen LogP) is 4.56. The number of aliphatic hydroxyl groups is 1. The minimum atomic E-state index is -4.43. The van der Waals surface area contributed by atoms with Gasteiger partial charge >= 0.3 is 6.18 Å². The summed E-state index contributed by atoms with van der Waals surface area (Å²) in [5.41, 5.74) is 1.42. The molecule has 0 bridgehead atoms. The Morgan fingerprint density at radius 3 is 2.84 bits per heavy atom. The number of carbonyl (C=O) groups is 1. The predicted molar refractivity (Wildman–Crippen MR) is 139 cm³/mol. The highest BCUT2D eigenvalue weighted by Gasteiger charge is 2.43. The van der Waals surface area contributed by atoms with Gasteiger partial charge in [0.25, 0.3) is 5.91 Å². The number of alkyl halides is 3. The smallest absolute Gasteiger partial charge is 0.395 e. The zero-order chi connectivity index (χ0) is 26.3. The topological polar surface area (TPSA) is 82.8 Å². The number of hydrogen-bond donors (Lipinski definition) is 2. The van der Waals surface area contributed by atoms with Crippen molar-refractivity contribution in [1.82, 2.24) is 20.0 Å². The van der Waals surface area contributed by atoms with Crippen LogP contribution in [-0.2, 0) is 11.3 Å². The van der Waals surface area contributed by atoms with Gasteiger partial charge in [0.2, 0.25) is 0 Å². The van der Waals surface area contributed by atoms with E-state index in [4.69, 9.17) is 23.2 Å². The van der Waals surface area contributed by atoms with Gasteiger partial charge in [-0.3, -0.25) is 9.48 Å². The number of thioether (sulfide) groups is 1. The summed E-state index contributed by atoms with van der Waals surface area (Å²) in [6.07, 6.45) is -0.146. The molecular weight excluding hydrogens is 550 g/mol. The van der Waals surface area contributed by atoms with Crippen LogP contribution >= 0.6 is 35.0 Å². The monoisotopic (exact) mass is 571 g/mol. The molecule has 5 rings (SSSR count). The normalized spacial score (nSPS) is 24.1. The van der Waals surface area contributed by atoms with Gasteiger partial charge in [0, 0.05) is 36.1 Å². The number of amidine groups is 1. The number of carbonyl (C=O) groups excluding carboxylic acids is 1. The van der Waals surface area contributed by atoms with Crippen molar-refractivity contribution in [2.75, 3.05) is 26.2 Å². The molecule has 3 heterocycles. The fourth-order valence-corrected chi connectivity index (χ4v) is 5.95. The summed E-state index contributed by atoms with van der Waals surface area (Å²) in [5, 5.41) is 18.4. The third-order valence-electron chi connectivity index (χ3n) is 6.44. The zero-order valence-electron chi connectivity index (χ0n) is 19.3. The van der Waals surface area contributed by atoms with E-state index in [9.17, 15) is 23.1 Å². The van der Waals surface area contributed by atoms with Crippen molar-refractivity contribution < 1.29 is 23.1 Å². The molecule has 2 aromatic rings. The van der Waals surface area contributed by atoms with Crippen LogP contribution in [0.1, 0.15) is 12.0 Å². The van der Waals surface area contributed by atoms with Crippen LogP contribution in [0.2, 0.25) is 5.15 Å². The maximum absolute atomic E-state index is 13.6. The lowest BCUT2D eigenvalue weighted by Gasteiger charge is -2.33. The maximum atomic E-state index is 13.6. The zero-order valence-corrected chi connectivity index (χ0v) is 21.6. The van der Waals surface area contributed by atoms with E-state index in [1.807, 2.05) is 4.90 Å². The first-order valence-electron chi connectivity index (χ1n) is 11.5. The lowest BCUT2D eigenvalue weighted by atomic mass is 9.90. The van der Waals surface area contributed by atoms with Crippen LogP contribution in [0.4, 0.5) is 13.2 Å². The van der Waals surface area contributed by atoms with Gasteiger partial charge in [-0.25, -0.2) is 0 Å². The number of rotatable bonds is 4. The standard InChI is InChI=1S/C24H22Cl2F3N5O2S/c25-15-3-2-14(18(9-15)24(27,28)29)10-34-19-4-1-13(7-17(19)21(26)32-34)8-20-22(36)31-23(37-20)33-6-5-30-16(11-33)12-35/h1-4,7-8,16,18,30,35H,5-6,9-12H2/b20-8-/t16-,18?/m1/s1. The van der Waals surface area contributed by atoms with E-state index in [0.717, 1.165) is 0 Å². The number of aliphatic imine (C=N–C) groups is 1. The molecule has 0 spiro atoms. The number of halogens is 5. The second-order valence-electron chi connectivity index (χ2n) is 8.97. The minimum absolute atomic E-state index is 0.00185. The fraction of sp³-hybridized carbons (Fsp3) is 0.375. The van der Waals surface area contributed by atoms with E-state index < -0.39 is 12.1 Å². The second kappa shape index (κ2) is 10.5. The molecule has 1 amide bonds. The van der Waals surface area contributed by atoms with Crippen LogP contribution in [-0.4, -0.2) is 69.3 Å². The molecule has 2 atom stereocenters. The average Bonchev–Trinajstić information content (AvgIpc) is 3.38. The third kappa shape index (κ3) is 5.61. The Bertz CT molecular complexity index is 1370. The Kier molecular flexibility index (Phi) is 7.43. The van der Waals surface area contributed by atoms with Gasteiger partial charge in [0.1, 0.15) is 0 Å². The largest absolute Gasteiger partial charge is 0.395 e. The molecule has 37 heavy (non-hydrogen) atoms. The number of piperazine rings is 1. The summed E-state index contributed by atoms with van der Waals surface area (Å²) < 4.78 is 42.3. The molecule has 13 heteroatoms. The van der Waals surface area contributed by atoms with E-state index in [1.165, 1.54) is 28.6 Å². The van der Waals surface area contributed by atoms with Crippen molar-refractivity contribution >= 4 is 63.0 Å². The van der Waals surface area contributed by atoms with Gasteiger partial charge in [0.15, 0.2) is 10.3 Å². The highest BCUT2D eigenvalue weighted by atomic mass is 35.5. The van der Waals surface area contributed by atoms with Crippen LogP contribution in [0.3, 0.4) is 0 Å². The number of amides is 1. The van der Waals surface area contributed by atoms with Crippen LogP contribution in [0.5, 0.6) is 0 Å². The highest BCUT2D eigenvalue weighted by molar-refractivity contribution is 8.18. The Balaban J connectivity index is 1.36. The van der Waals surface area contributed by atoms with E-state index >= 15 is 0 Å². The summed E-state index contributed by atoms with van der Waals surface area (Å²) in [6, 6.07) is 5.16. The molecule has 3 aliphatic rings. The molecule has 1 aromatic heterocycles. The molecule has 2 aliphatic heterocycles. The lowest BCUT2D eigenvalue weighted by Crippen LogP contribution is -2.53. The lowest BCUT2D eigenvalue weighted by molar-refractivity contribution is -0.164. The number of aromatic nitrogens is 2. The van der Waals surface area contributed by atoms with Gasteiger partial charge in [-0.2, -0.15) is 23.3 Å². The first kappa shape index (κ1) is 26.3. The molecule has 7 nitrogen and oxygen atoms in total. The number of fused-ring (bicyclic) bond motifs is 1. The summed E-state index contributed by atoms with van der Waals surface area (Å²) >= 11 is 13.5. The Hall–Kier alpha value is -2.31. The quantitative estimate of drug-likeness (QED) is 0.524. The molecule has 1 aliphatic carbocycles. The van der Waals surface area contributed by atoms with Crippen molar-refractivity contribution in [1.29, 1.82) is 0 Å². The maximum Gasteiger partial charge on any atom is 0.395 e. The van der Waals surface area contributed by atoms with Crippen molar-refractivity contribution in [3.63, 3.8) is 0 Å². The fourth-order valence-electron chi connectivity index (χ4n) is 4.54. The molecule has 1 unspecified atom stereocenters. The van der Waals surface area contributed by atoms with Crippen molar-refractivity contribution in [2.45, 2.75) is 25.2 Å². The molecule has 2 N–H and O–H groups in total. The van der Waals surface area contributed by atoms with Crippen molar-refractivity contribution in [3.05, 3.63) is 56.6 Å². The molecule has 196 valence electrons. The Morgan fingerprint density at radius 1 is 1.27 bits per heavy atom. The number of benzene rings is 1. The van der Waals surface area contributed by atoms with E-state index in [-0.39, 0.29) is 47.3 Å². The number of allylic oxidation sites excluding steroid dienone is 4. The van der Waals surface area contributed by atoms with Crippen LogP contribution in [0, 0.1) is 5.92 Å². The number of nitrogens with one attached hydrogen (secondary N) is 1. The Morgan fingerprint density at radius 2 is 2.08 bits per heavy atom. The van der Waals surface area contributed by atoms with Crippen LogP contribution in [0.15, 0.2) is 50.9 Å². The minimum Gasteiger partial charge on any atom is -0.395 e. The molecule has 1 aromatic carbocycles. The van der Waals surface area contributed by atoms with Gasteiger partial charge < -0.3 is 15.3 Å². The van der Waals surface area contributed by atoms with Crippen molar-refractivity contribution in [2.24, 2.45) is 10.9 Å². The molecule has 1 saturated heterocycles. The SMILES string of the molecule is O=C1N=C(N2CCN[C@@H](CO)C2)S/C1=C\c1ccc2c(c1)c(Cl)nn2CC1=CC=C(Cl)CC1C(F)(F)F. The van der Waals surface area contributed by atoms with E-state index in [1.54, 1.807) is 24.3 Å². The highest BCUT2D eigenvalue weighted by Crippen LogP contribution is 2.41. The average molecular weight is 572 g/mol. The Labute approximate surface area is 224 Å². The van der Waals surface area contributed by atoms with Gasteiger partial charge in [-0.1, -0.05) is 35.3 Å². The number of aliphatic hydroxyl groups excluding tert-OH is 1. The molecule has 0 radical (unpaired) electrons. The second-order valence-corrected chi connectivity index (χ2v) is 10.8. The first-order chi connectivity index (χ1) is 17.6. The van der Waals surface area contributed by atoms with Gasteiger partial charge in [-0.15, -0.1) is 0 Å². The molecular formula is C24H22Cl2F3N5O2S. The van der Waals surface area contributed by atoms with Crippen LogP contribution in [0.25, 0.3) is 17.0 Å². The summed E-state index contributed by atoms with van der Waals surface area (Å²) in [6.45, 7) is 1.83. The summed E-state index contributed by atoms with van der Waals surface area (Å²) in [5.74, 6) is -2.04. The third-order valence-corrected chi connectivity index (χ3v) is 8.04. The first-order valence-corrected chi connectivity index (χ1v) is 13.1. The number of hydrogen-bond acceptors (Lipinski definition) is 6. The van der Waals surface area contributed by atoms with E-state index in [2.05, 4.69) is 15.4 Å². The van der Waals surface area contributed by atoms with Gasteiger partial charge in [-0.05, 0) is 53.6 Å². The summed E-state index contributed by atoms with van der Waals surface area (Å²) in [4.78, 5) is 19.1. The molecule has 0 saturated carbocycles. The molecule has 1 fully saturated rings. The van der Waals surface area contributed by atoms with E-state index in [0.29, 0.717) is 46.2 Å². The van der Waals surface area contributed by atoms with Gasteiger partial charge in [0.05, 0.1) is 29.5 Å². The van der Waals surface area contributed by atoms with Crippen molar-refractivity contribution in [3.8, 4) is 0 Å².